The number of carbonyl (C=O) groups is 1. The lowest BCUT2D eigenvalue weighted by molar-refractivity contribution is -0.126. The Morgan fingerprint density at radius 2 is 1.72 bits per heavy atom. The van der Waals surface area contributed by atoms with E-state index in [-0.39, 0.29) is 11.8 Å². The molecule has 1 N–H and O–H groups in total. The summed E-state index contributed by atoms with van der Waals surface area (Å²) in [4.78, 5) is 12.9. The molecule has 174 valence electrons. The topological polar surface area (TPSA) is 75.7 Å². The fourth-order valence-corrected chi connectivity index (χ4v) is 5.25. The lowest BCUT2D eigenvalue weighted by Gasteiger charge is -2.30. The fraction of sp³-hybridized carbons (Fsp3) is 0.480. The molecule has 0 aromatic heterocycles. The van der Waals surface area contributed by atoms with Crippen molar-refractivity contribution in [2.45, 2.75) is 50.8 Å². The standard InChI is InChI=1S/C25H34N2O4S/c1-3-4-19-31-23-9-7-21(8-10-23)13-16-26-25(28)22-14-17-27(18-15-22)32(29,30)24-11-5-20(2)6-12-24/h5-12,22H,3-4,13-19H2,1-2H3,(H,26,28). The first kappa shape index (κ1) is 24.3. The lowest BCUT2D eigenvalue weighted by atomic mass is 9.97. The van der Waals surface area contributed by atoms with Gasteiger partial charge in [0, 0.05) is 25.6 Å². The molecule has 0 aliphatic carbocycles. The molecule has 32 heavy (non-hydrogen) atoms. The van der Waals surface area contributed by atoms with Gasteiger partial charge in [0.05, 0.1) is 11.5 Å². The molecular weight excluding hydrogens is 424 g/mol. The second-order valence-electron chi connectivity index (χ2n) is 8.38. The molecule has 2 aromatic rings. The predicted octanol–water partition coefficient (Wildman–Crippen LogP) is 3.93. The minimum absolute atomic E-state index is 0.0110. The first-order chi connectivity index (χ1) is 15.4. The lowest BCUT2D eigenvalue weighted by Crippen LogP contribution is -2.43. The highest BCUT2D eigenvalue weighted by atomic mass is 32.2. The zero-order chi connectivity index (χ0) is 23.0. The van der Waals surface area contributed by atoms with Gasteiger partial charge in [0.15, 0.2) is 0 Å². The maximum Gasteiger partial charge on any atom is 0.243 e. The number of amides is 1. The van der Waals surface area contributed by atoms with Crippen LogP contribution in [0.4, 0.5) is 0 Å². The Balaban J connectivity index is 1.41. The second kappa shape index (κ2) is 11.5. The minimum Gasteiger partial charge on any atom is -0.494 e. The van der Waals surface area contributed by atoms with Gasteiger partial charge in [-0.2, -0.15) is 4.31 Å². The number of piperidine rings is 1. The third kappa shape index (κ3) is 6.56. The van der Waals surface area contributed by atoms with Crippen molar-refractivity contribution in [1.29, 1.82) is 0 Å². The maximum atomic E-state index is 12.8. The van der Waals surface area contributed by atoms with Crippen molar-refractivity contribution in [2.75, 3.05) is 26.2 Å². The van der Waals surface area contributed by atoms with Gasteiger partial charge in [-0.1, -0.05) is 43.2 Å². The zero-order valence-electron chi connectivity index (χ0n) is 19.0. The molecule has 0 radical (unpaired) electrons. The van der Waals surface area contributed by atoms with Crippen molar-refractivity contribution >= 4 is 15.9 Å². The van der Waals surface area contributed by atoms with E-state index in [1.54, 1.807) is 24.3 Å². The summed E-state index contributed by atoms with van der Waals surface area (Å²) in [5.41, 5.74) is 2.17. The molecule has 7 heteroatoms. The van der Waals surface area contributed by atoms with Gasteiger partial charge >= 0.3 is 0 Å². The quantitative estimate of drug-likeness (QED) is 0.548. The van der Waals surface area contributed by atoms with Crippen LogP contribution in [-0.2, 0) is 21.2 Å². The molecule has 3 rings (SSSR count). The average molecular weight is 459 g/mol. The van der Waals surface area contributed by atoms with Crippen LogP contribution in [0.1, 0.15) is 43.7 Å². The summed E-state index contributed by atoms with van der Waals surface area (Å²) in [6.45, 7) is 6.10. The molecule has 0 unspecified atom stereocenters. The third-order valence-corrected chi connectivity index (χ3v) is 7.80. The number of nitrogens with one attached hydrogen (secondary N) is 1. The molecule has 1 fully saturated rings. The Hall–Kier alpha value is -2.38. The van der Waals surface area contributed by atoms with E-state index in [1.807, 2.05) is 31.2 Å². The van der Waals surface area contributed by atoms with E-state index in [0.29, 0.717) is 37.4 Å². The van der Waals surface area contributed by atoms with Crippen LogP contribution in [0, 0.1) is 12.8 Å². The normalized spacial score (nSPS) is 15.4. The number of unbranched alkanes of at least 4 members (excludes halogenated alkanes) is 1. The first-order valence-corrected chi connectivity index (χ1v) is 12.9. The number of hydrogen-bond acceptors (Lipinski definition) is 4. The highest BCUT2D eigenvalue weighted by Gasteiger charge is 2.31. The first-order valence-electron chi connectivity index (χ1n) is 11.5. The minimum atomic E-state index is -3.50. The Labute approximate surface area is 192 Å². The van der Waals surface area contributed by atoms with E-state index in [1.165, 1.54) is 4.31 Å². The molecule has 1 heterocycles. The van der Waals surface area contributed by atoms with Crippen LogP contribution in [0.3, 0.4) is 0 Å². The Bertz CT molecular complexity index is 964. The number of ether oxygens (including phenoxy) is 1. The average Bonchev–Trinajstić information content (AvgIpc) is 2.80. The van der Waals surface area contributed by atoms with Crippen LogP contribution in [0.2, 0.25) is 0 Å². The van der Waals surface area contributed by atoms with E-state index in [4.69, 9.17) is 4.74 Å². The van der Waals surface area contributed by atoms with Crippen LogP contribution in [0.5, 0.6) is 5.75 Å². The Kier molecular flexibility index (Phi) is 8.70. The molecule has 1 saturated heterocycles. The van der Waals surface area contributed by atoms with Crippen molar-refractivity contribution in [3.63, 3.8) is 0 Å². The third-order valence-electron chi connectivity index (χ3n) is 5.89. The van der Waals surface area contributed by atoms with Gasteiger partial charge in [0.25, 0.3) is 0 Å². The smallest absolute Gasteiger partial charge is 0.243 e. The highest BCUT2D eigenvalue weighted by molar-refractivity contribution is 7.89. The van der Waals surface area contributed by atoms with Crippen molar-refractivity contribution in [2.24, 2.45) is 5.92 Å². The maximum absolute atomic E-state index is 12.8. The SMILES string of the molecule is CCCCOc1ccc(CCNC(=O)C2CCN(S(=O)(=O)c3ccc(C)cc3)CC2)cc1. The number of benzene rings is 2. The largest absolute Gasteiger partial charge is 0.494 e. The molecule has 2 aromatic carbocycles. The number of sulfonamides is 1. The summed E-state index contributed by atoms with van der Waals surface area (Å²) in [7, 11) is -3.50. The van der Waals surface area contributed by atoms with Gasteiger partial charge in [-0.25, -0.2) is 8.42 Å². The van der Waals surface area contributed by atoms with E-state index >= 15 is 0 Å². The van der Waals surface area contributed by atoms with Gasteiger partial charge in [0.2, 0.25) is 15.9 Å². The molecule has 6 nitrogen and oxygen atoms in total. The van der Waals surface area contributed by atoms with Crippen LogP contribution < -0.4 is 10.1 Å². The molecule has 0 spiro atoms. The zero-order valence-corrected chi connectivity index (χ0v) is 19.9. The fourth-order valence-electron chi connectivity index (χ4n) is 3.78. The van der Waals surface area contributed by atoms with Crippen LogP contribution in [0.15, 0.2) is 53.4 Å². The summed E-state index contributed by atoms with van der Waals surface area (Å²) in [5, 5.41) is 3.01. The van der Waals surface area contributed by atoms with Gasteiger partial charge in [-0.15, -0.1) is 0 Å². The Morgan fingerprint density at radius 3 is 2.34 bits per heavy atom. The van der Waals surface area contributed by atoms with Crippen LogP contribution >= 0.6 is 0 Å². The number of carbonyl (C=O) groups excluding carboxylic acids is 1. The molecule has 0 saturated carbocycles. The number of rotatable bonds is 10. The van der Waals surface area contributed by atoms with Crippen molar-refractivity contribution < 1.29 is 17.9 Å². The van der Waals surface area contributed by atoms with Gasteiger partial charge in [0.1, 0.15) is 5.75 Å². The summed E-state index contributed by atoms with van der Waals surface area (Å²) in [6, 6.07) is 14.9. The molecule has 1 aliphatic heterocycles. The van der Waals surface area contributed by atoms with E-state index in [9.17, 15) is 13.2 Å². The van der Waals surface area contributed by atoms with Crippen molar-refractivity contribution in [1.82, 2.24) is 9.62 Å². The number of aryl methyl sites for hydroxylation is 1. The van der Waals surface area contributed by atoms with Gasteiger partial charge < -0.3 is 10.1 Å². The van der Waals surface area contributed by atoms with Gasteiger partial charge in [-0.3, -0.25) is 4.79 Å². The Morgan fingerprint density at radius 1 is 1.06 bits per heavy atom. The van der Waals surface area contributed by atoms with Crippen molar-refractivity contribution in [3.05, 3.63) is 59.7 Å². The molecule has 0 atom stereocenters. The summed E-state index contributed by atoms with van der Waals surface area (Å²) in [5.74, 6) is 0.740. The van der Waals surface area contributed by atoms with Crippen molar-refractivity contribution in [3.8, 4) is 5.75 Å². The van der Waals surface area contributed by atoms with E-state index < -0.39 is 10.0 Å². The van der Waals surface area contributed by atoms with E-state index in [2.05, 4.69) is 12.2 Å². The molecular formula is C25H34N2O4S. The van der Waals surface area contributed by atoms with E-state index in [0.717, 1.165) is 42.7 Å². The summed E-state index contributed by atoms with van der Waals surface area (Å²) < 4.78 is 32.8. The van der Waals surface area contributed by atoms with Crippen LogP contribution in [0.25, 0.3) is 0 Å². The molecule has 1 amide bonds. The number of nitrogens with zero attached hydrogens (tertiary/aromatic N) is 1. The monoisotopic (exact) mass is 458 g/mol. The second-order valence-corrected chi connectivity index (χ2v) is 10.3. The van der Waals surface area contributed by atoms with Crippen LogP contribution in [-0.4, -0.2) is 44.9 Å². The summed E-state index contributed by atoms with van der Waals surface area (Å²) >= 11 is 0. The summed E-state index contributed by atoms with van der Waals surface area (Å²) in [6.07, 6.45) is 3.99. The van der Waals surface area contributed by atoms with Gasteiger partial charge in [-0.05, 0) is 62.4 Å². The molecule has 0 bridgehead atoms. The highest BCUT2D eigenvalue weighted by Crippen LogP contribution is 2.24. The molecule has 1 aliphatic rings. The predicted molar refractivity (Wildman–Crippen MR) is 126 cm³/mol. The number of hydrogen-bond donors (Lipinski definition) is 1.